The Bertz CT molecular complexity index is 327. The summed E-state index contributed by atoms with van der Waals surface area (Å²) in [5, 5.41) is 9.06. The van der Waals surface area contributed by atoms with Crippen LogP contribution in [-0.4, -0.2) is 60.5 Å². The number of hydrogen-bond donors (Lipinski definition) is 1. The fraction of sp³-hybridized carbons (Fsp3) is 0.923. The number of hydrogen-bond acceptors (Lipinski definition) is 4. The highest BCUT2D eigenvalue weighted by Crippen LogP contribution is 2.36. The van der Waals surface area contributed by atoms with Crippen molar-refractivity contribution in [1.82, 2.24) is 4.90 Å². The summed E-state index contributed by atoms with van der Waals surface area (Å²) in [5.41, 5.74) is -0.0791. The minimum Gasteiger partial charge on any atom is -0.481 e. The Morgan fingerprint density at radius 3 is 2.89 bits per heavy atom. The molecule has 1 N–H and O–H groups in total. The van der Waals surface area contributed by atoms with Crippen LogP contribution in [0, 0.1) is 5.92 Å². The van der Waals surface area contributed by atoms with Gasteiger partial charge in [0.25, 0.3) is 0 Å². The van der Waals surface area contributed by atoms with Crippen molar-refractivity contribution in [2.75, 3.05) is 32.9 Å². The molecule has 0 bridgehead atoms. The van der Waals surface area contributed by atoms with Crippen molar-refractivity contribution in [2.45, 2.75) is 37.3 Å². The molecule has 3 aliphatic heterocycles. The number of carboxylic acids is 1. The molecule has 5 heteroatoms. The molecule has 0 aromatic rings. The van der Waals surface area contributed by atoms with Gasteiger partial charge in [0.05, 0.1) is 18.1 Å². The number of ether oxygens (including phenoxy) is 2. The lowest BCUT2D eigenvalue weighted by Gasteiger charge is -2.40. The summed E-state index contributed by atoms with van der Waals surface area (Å²) in [4.78, 5) is 13.4. The average Bonchev–Trinajstić information content (AvgIpc) is 2.98. The standard InChI is InChI=1S/C13H21NO4/c15-12(16)10-1-4-14(8-10)11-2-5-18-13(7-11)3-6-17-9-13/h10-11H,1-9H2,(H,15,16). The van der Waals surface area contributed by atoms with Crippen molar-refractivity contribution in [3.8, 4) is 0 Å². The summed E-state index contributed by atoms with van der Waals surface area (Å²) in [7, 11) is 0. The summed E-state index contributed by atoms with van der Waals surface area (Å²) in [6, 6.07) is 0.477. The molecule has 0 amide bonds. The summed E-state index contributed by atoms with van der Waals surface area (Å²) in [6.07, 6.45) is 3.79. The van der Waals surface area contributed by atoms with Gasteiger partial charge >= 0.3 is 5.97 Å². The molecular weight excluding hydrogens is 234 g/mol. The molecule has 18 heavy (non-hydrogen) atoms. The van der Waals surface area contributed by atoms with Gasteiger partial charge in [0.2, 0.25) is 0 Å². The molecule has 0 aromatic carbocycles. The fourth-order valence-electron chi connectivity index (χ4n) is 3.50. The SMILES string of the molecule is O=C(O)C1CCN(C2CCOC3(CCOC3)C2)C1. The summed E-state index contributed by atoms with van der Waals surface area (Å²) >= 11 is 0. The van der Waals surface area contributed by atoms with E-state index in [2.05, 4.69) is 4.90 Å². The molecule has 3 unspecified atom stereocenters. The molecule has 3 fully saturated rings. The van der Waals surface area contributed by atoms with Crippen LogP contribution in [-0.2, 0) is 14.3 Å². The number of likely N-dealkylation sites (tertiary alicyclic amines) is 1. The third kappa shape index (κ3) is 2.27. The predicted octanol–water partition coefficient (Wildman–Crippen LogP) is 0.731. The van der Waals surface area contributed by atoms with Gasteiger partial charge in [0.1, 0.15) is 0 Å². The van der Waals surface area contributed by atoms with Gasteiger partial charge in [-0.3, -0.25) is 9.69 Å². The second kappa shape index (κ2) is 4.79. The van der Waals surface area contributed by atoms with E-state index in [9.17, 15) is 4.79 Å². The lowest BCUT2D eigenvalue weighted by molar-refractivity contribution is -0.141. The molecular formula is C13H21NO4. The molecule has 3 atom stereocenters. The third-order valence-electron chi connectivity index (χ3n) is 4.62. The Morgan fingerprint density at radius 2 is 2.22 bits per heavy atom. The van der Waals surface area contributed by atoms with Gasteiger partial charge in [0.15, 0.2) is 0 Å². The highest BCUT2D eigenvalue weighted by atomic mass is 16.6. The van der Waals surface area contributed by atoms with Gasteiger partial charge < -0.3 is 14.6 Å². The van der Waals surface area contributed by atoms with Crippen LogP contribution >= 0.6 is 0 Å². The molecule has 1 spiro atoms. The van der Waals surface area contributed by atoms with Crippen molar-refractivity contribution < 1.29 is 19.4 Å². The van der Waals surface area contributed by atoms with Gasteiger partial charge in [-0.1, -0.05) is 0 Å². The maximum Gasteiger partial charge on any atom is 0.307 e. The molecule has 102 valence electrons. The van der Waals surface area contributed by atoms with Gasteiger partial charge in [-0.25, -0.2) is 0 Å². The van der Waals surface area contributed by atoms with E-state index in [4.69, 9.17) is 14.6 Å². The van der Waals surface area contributed by atoms with E-state index in [1.165, 1.54) is 0 Å². The van der Waals surface area contributed by atoms with Gasteiger partial charge in [-0.2, -0.15) is 0 Å². The van der Waals surface area contributed by atoms with Gasteiger partial charge in [-0.15, -0.1) is 0 Å². The highest BCUT2D eigenvalue weighted by Gasteiger charge is 2.44. The average molecular weight is 255 g/mol. The summed E-state index contributed by atoms with van der Waals surface area (Å²) < 4.78 is 11.4. The minimum absolute atomic E-state index is 0.0791. The number of nitrogens with zero attached hydrogens (tertiary/aromatic N) is 1. The van der Waals surface area contributed by atoms with E-state index in [0.717, 1.165) is 45.4 Å². The van der Waals surface area contributed by atoms with E-state index in [-0.39, 0.29) is 11.5 Å². The molecule has 3 rings (SSSR count). The monoisotopic (exact) mass is 255 g/mol. The largest absolute Gasteiger partial charge is 0.481 e. The number of aliphatic carboxylic acids is 1. The smallest absolute Gasteiger partial charge is 0.307 e. The predicted molar refractivity (Wildman–Crippen MR) is 64.5 cm³/mol. The van der Waals surface area contributed by atoms with E-state index in [0.29, 0.717) is 19.2 Å². The number of carboxylic acid groups (broad SMARTS) is 1. The Labute approximate surface area is 107 Å². The zero-order valence-electron chi connectivity index (χ0n) is 10.6. The van der Waals surface area contributed by atoms with E-state index < -0.39 is 5.97 Å². The van der Waals surface area contributed by atoms with Crippen LogP contribution in [0.1, 0.15) is 25.7 Å². The van der Waals surface area contributed by atoms with Crippen molar-refractivity contribution in [3.63, 3.8) is 0 Å². The van der Waals surface area contributed by atoms with Crippen LogP contribution in [0.15, 0.2) is 0 Å². The Balaban J connectivity index is 1.61. The van der Waals surface area contributed by atoms with Gasteiger partial charge in [0, 0.05) is 32.2 Å². The first-order valence-corrected chi connectivity index (χ1v) is 6.87. The Kier molecular flexibility index (Phi) is 3.30. The quantitative estimate of drug-likeness (QED) is 0.788. The molecule has 5 nitrogen and oxygen atoms in total. The molecule has 3 heterocycles. The minimum atomic E-state index is -0.650. The normalized spacial score (nSPS) is 41.6. The first-order chi connectivity index (χ1) is 8.69. The van der Waals surface area contributed by atoms with Crippen molar-refractivity contribution in [2.24, 2.45) is 5.92 Å². The molecule has 3 saturated heterocycles. The van der Waals surface area contributed by atoms with Crippen LogP contribution < -0.4 is 0 Å². The zero-order valence-corrected chi connectivity index (χ0v) is 10.6. The van der Waals surface area contributed by atoms with Crippen LogP contribution in [0.3, 0.4) is 0 Å². The van der Waals surface area contributed by atoms with Crippen molar-refractivity contribution >= 4 is 5.97 Å². The second-order valence-corrected chi connectivity index (χ2v) is 5.80. The Hall–Kier alpha value is -0.650. The Morgan fingerprint density at radius 1 is 1.33 bits per heavy atom. The first kappa shape index (κ1) is 12.4. The number of rotatable bonds is 2. The lowest BCUT2D eigenvalue weighted by atomic mass is 9.89. The topological polar surface area (TPSA) is 59.0 Å². The van der Waals surface area contributed by atoms with Crippen LogP contribution in [0.4, 0.5) is 0 Å². The van der Waals surface area contributed by atoms with E-state index in [1.807, 2.05) is 0 Å². The molecule has 0 aliphatic carbocycles. The second-order valence-electron chi connectivity index (χ2n) is 5.80. The van der Waals surface area contributed by atoms with Crippen molar-refractivity contribution in [1.29, 1.82) is 0 Å². The van der Waals surface area contributed by atoms with Crippen LogP contribution in [0.25, 0.3) is 0 Å². The molecule has 3 aliphatic rings. The van der Waals surface area contributed by atoms with Crippen LogP contribution in [0.2, 0.25) is 0 Å². The fourth-order valence-corrected chi connectivity index (χ4v) is 3.50. The maximum absolute atomic E-state index is 11.0. The molecule has 0 saturated carbocycles. The van der Waals surface area contributed by atoms with Gasteiger partial charge in [-0.05, 0) is 25.8 Å². The summed E-state index contributed by atoms with van der Waals surface area (Å²) in [5.74, 6) is -0.827. The van der Waals surface area contributed by atoms with E-state index in [1.54, 1.807) is 0 Å². The van der Waals surface area contributed by atoms with E-state index >= 15 is 0 Å². The maximum atomic E-state index is 11.0. The first-order valence-electron chi connectivity index (χ1n) is 6.87. The van der Waals surface area contributed by atoms with Crippen molar-refractivity contribution in [3.05, 3.63) is 0 Å². The molecule has 0 radical (unpaired) electrons. The third-order valence-corrected chi connectivity index (χ3v) is 4.62. The zero-order chi connectivity index (χ0) is 12.6. The summed E-state index contributed by atoms with van der Waals surface area (Å²) in [6.45, 7) is 3.90. The highest BCUT2D eigenvalue weighted by molar-refractivity contribution is 5.70. The lowest BCUT2D eigenvalue weighted by Crippen LogP contribution is -2.48. The number of carbonyl (C=O) groups is 1. The van der Waals surface area contributed by atoms with Crippen LogP contribution in [0.5, 0.6) is 0 Å². The molecule has 0 aromatic heterocycles.